The van der Waals surface area contributed by atoms with E-state index >= 15 is 0 Å². The number of carbonyl (C=O) groups excluding carboxylic acids is 2. The van der Waals surface area contributed by atoms with Crippen LogP contribution in [-0.2, 0) is 9.59 Å². The zero-order valence-electron chi connectivity index (χ0n) is 13.4. The predicted molar refractivity (Wildman–Crippen MR) is 84.3 cm³/mol. The number of hydrogen-bond acceptors (Lipinski definition) is 2. The molecule has 1 fully saturated rings. The number of benzene rings is 1. The molecule has 114 valence electrons. The van der Waals surface area contributed by atoms with Gasteiger partial charge in [0, 0.05) is 5.69 Å². The summed E-state index contributed by atoms with van der Waals surface area (Å²) in [6.45, 7) is 10.2. The molecular formula is C17H24N2O2. The van der Waals surface area contributed by atoms with E-state index in [1.165, 1.54) is 5.56 Å². The second-order valence-electron chi connectivity index (χ2n) is 7.04. The first-order chi connectivity index (χ1) is 9.70. The Morgan fingerprint density at radius 1 is 1.14 bits per heavy atom. The highest BCUT2D eigenvalue weighted by molar-refractivity contribution is 6.06. The van der Waals surface area contributed by atoms with Crippen molar-refractivity contribution in [2.45, 2.75) is 46.6 Å². The molecule has 4 heteroatoms. The van der Waals surface area contributed by atoms with Crippen LogP contribution in [0.4, 0.5) is 5.69 Å². The molecule has 0 bridgehead atoms. The molecule has 0 radical (unpaired) electrons. The highest BCUT2D eigenvalue weighted by Gasteiger charge is 2.40. The normalized spacial score (nSPS) is 19.9. The minimum absolute atomic E-state index is 0.0422. The number of hydrogen-bond donors (Lipinski definition) is 1. The first kappa shape index (κ1) is 15.5. The number of nitrogens with zero attached hydrogens (tertiary/aromatic N) is 1. The number of amides is 2. The molecule has 0 aliphatic carbocycles. The van der Waals surface area contributed by atoms with E-state index in [1.807, 2.05) is 45.0 Å². The number of rotatable bonds is 2. The highest BCUT2D eigenvalue weighted by Crippen LogP contribution is 2.27. The van der Waals surface area contributed by atoms with Crippen molar-refractivity contribution in [3.8, 4) is 0 Å². The molecule has 2 rings (SSSR count). The lowest BCUT2D eigenvalue weighted by Gasteiger charge is -2.38. The molecule has 0 spiro atoms. The number of piperazine rings is 1. The summed E-state index contributed by atoms with van der Waals surface area (Å²) in [6.07, 6.45) is 0. The fourth-order valence-corrected chi connectivity index (χ4v) is 2.49. The Labute approximate surface area is 126 Å². The Morgan fingerprint density at radius 2 is 1.71 bits per heavy atom. The van der Waals surface area contributed by atoms with E-state index in [-0.39, 0.29) is 23.8 Å². The van der Waals surface area contributed by atoms with Crippen molar-refractivity contribution in [2.24, 2.45) is 5.41 Å². The van der Waals surface area contributed by atoms with E-state index < -0.39 is 6.04 Å². The second-order valence-corrected chi connectivity index (χ2v) is 7.04. The highest BCUT2D eigenvalue weighted by atomic mass is 16.2. The number of anilines is 1. The maximum atomic E-state index is 12.6. The van der Waals surface area contributed by atoms with E-state index in [0.29, 0.717) is 5.92 Å². The minimum atomic E-state index is -0.483. The van der Waals surface area contributed by atoms with Gasteiger partial charge in [-0.05, 0) is 29.0 Å². The summed E-state index contributed by atoms with van der Waals surface area (Å²) in [6, 6.07) is 7.40. The van der Waals surface area contributed by atoms with Crippen molar-refractivity contribution in [1.82, 2.24) is 5.32 Å². The van der Waals surface area contributed by atoms with Crippen molar-refractivity contribution in [3.63, 3.8) is 0 Å². The second kappa shape index (κ2) is 5.51. The van der Waals surface area contributed by atoms with Gasteiger partial charge in [-0.15, -0.1) is 0 Å². The fraction of sp³-hybridized carbons (Fsp3) is 0.529. The van der Waals surface area contributed by atoms with E-state index in [1.54, 1.807) is 4.90 Å². The van der Waals surface area contributed by atoms with Crippen LogP contribution in [0.5, 0.6) is 0 Å². The Morgan fingerprint density at radius 3 is 2.19 bits per heavy atom. The van der Waals surface area contributed by atoms with Crippen molar-refractivity contribution in [1.29, 1.82) is 0 Å². The van der Waals surface area contributed by atoms with Gasteiger partial charge < -0.3 is 10.2 Å². The van der Waals surface area contributed by atoms with E-state index in [9.17, 15) is 9.59 Å². The average molecular weight is 288 g/mol. The summed E-state index contributed by atoms with van der Waals surface area (Å²) >= 11 is 0. The van der Waals surface area contributed by atoms with Crippen molar-refractivity contribution in [3.05, 3.63) is 29.8 Å². The van der Waals surface area contributed by atoms with Gasteiger partial charge in [-0.25, -0.2) is 0 Å². The van der Waals surface area contributed by atoms with Gasteiger partial charge in [0.15, 0.2) is 0 Å². The summed E-state index contributed by atoms with van der Waals surface area (Å²) < 4.78 is 0. The Balaban J connectivity index is 2.29. The summed E-state index contributed by atoms with van der Waals surface area (Å²) in [5.41, 5.74) is 1.71. The van der Waals surface area contributed by atoms with Gasteiger partial charge >= 0.3 is 0 Å². The van der Waals surface area contributed by atoms with Gasteiger partial charge in [-0.3, -0.25) is 9.59 Å². The molecule has 1 aliphatic rings. The molecule has 1 aromatic carbocycles. The minimum Gasteiger partial charge on any atom is -0.342 e. The summed E-state index contributed by atoms with van der Waals surface area (Å²) in [4.78, 5) is 26.1. The molecule has 1 aliphatic heterocycles. The Bertz CT molecular complexity index is 541. The third-order valence-electron chi connectivity index (χ3n) is 3.86. The molecule has 2 amide bonds. The summed E-state index contributed by atoms with van der Waals surface area (Å²) in [5, 5.41) is 2.81. The van der Waals surface area contributed by atoms with E-state index in [4.69, 9.17) is 0 Å². The maximum Gasteiger partial charge on any atom is 0.250 e. The molecule has 0 aromatic heterocycles. The molecule has 1 unspecified atom stereocenters. The molecule has 0 saturated carbocycles. The molecular weight excluding hydrogens is 264 g/mol. The third kappa shape index (κ3) is 3.26. The Hall–Kier alpha value is -1.84. The summed E-state index contributed by atoms with van der Waals surface area (Å²) in [5.74, 6) is 0.295. The molecule has 1 N–H and O–H groups in total. The van der Waals surface area contributed by atoms with Crippen molar-refractivity contribution in [2.75, 3.05) is 11.4 Å². The molecule has 21 heavy (non-hydrogen) atoms. The van der Waals surface area contributed by atoms with Gasteiger partial charge in [-0.1, -0.05) is 46.8 Å². The quantitative estimate of drug-likeness (QED) is 0.909. The average Bonchev–Trinajstić information content (AvgIpc) is 2.40. The SMILES string of the molecule is CC(C)c1ccc(N2CC(=O)NC(C(C)(C)C)C2=O)cc1. The topological polar surface area (TPSA) is 49.4 Å². The van der Waals surface area contributed by atoms with Crippen LogP contribution in [0, 0.1) is 5.41 Å². The van der Waals surface area contributed by atoms with Gasteiger partial charge in [0.2, 0.25) is 5.91 Å². The Kier molecular flexibility index (Phi) is 4.08. The van der Waals surface area contributed by atoms with Crippen LogP contribution in [0.2, 0.25) is 0 Å². The third-order valence-corrected chi connectivity index (χ3v) is 3.86. The van der Waals surface area contributed by atoms with Crippen LogP contribution < -0.4 is 10.2 Å². The van der Waals surface area contributed by atoms with Gasteiger partial charge in [0.1, 0.15) is 12.6 Å². The zero-order chi connectivity index (χ0) is 15.8. The van der Waals surface area contributed by atoms with Crippen LogP contribution in [0.1, 0.15) is 46.1 Å². The number of nitrogens with one attached hydrogen (secondary N) is 1. The van der Waals surface area contributed by atoms with Crippen LogP contribution in [-0.4, -0.2) is 24.4 Å². The lowest BCUT2D eigenvalue weighted by atomic mass is 9.84. The largest absolute Gasteiger partial charge is 0.342 e. The van der Waals surface area contributed by atoms with Gasteiger partial charge in [0.05, 0.1) is 0 Å². The first-order valence-corrected chi connectivity index (χ1v) is 7.41. The smallest absolute Gasteiger partial charge is 0.250 e. The van der Waals surface area contributed by atoms with E-state index in [2.05, 4.69) is 19.2 Å². The molecule has 1 heterocycles. The van der Waals surface area contributed by atoms with Crippen molar-refractivity contribution < 1.29 is 9.59 Å². The zero-order valence-corrected chi connectivity index (χ0v) is 13.4. The van der Waals surface area contributed by atoms with Gasteiger partial charge in [-0.2, -0.15) is 0 Å². The molecule has 1 saturated heterocycles. The van der Waals surface area contributed by atoms with Gasteiger partial charge in [0.25, 0.3) is 5.91 Å². The fourth-order valence-electron chi connectivity index (χ4n) is 2.49. The first-order valence-electron chi connectivity index (χ1n) is 7.41. The molecule has 1 aromatic rings. The summed E-state index contributed by atoms with van der Waals surface area (Å²) in [7, 11) is 0. The predicted octanol–water partition coefficient (Wildman–Crippen LogP) is 2.69. The van der Waals surface area contributed by atoms with Crippen LogP contribution >= 0.6 is 0 Å². The van der Waals surface area contributed by atoms with Crippen LogP contribution in [0.15, 0.2) is 24.3 Å². The molecule has 4 nitrogen and oxygen atoms in total. The van der Waals surface area contributed by atoms with Crippen LogP contribution in [0.3, 0.4) is 0 Å². The number of carbonyl (C=O) groups is 2. The lowest BCUT2D eigenvalue weighted by molar-refractivity contribution is -0.133. The molecule has 1 atom stereocenters. The standard InChI is InChI=1S/C17H24N2O2/c1-11(2)12-6-8-13(9-7-12)19-10-14(20)18-15(16(19)21)17(3,4)5/h6-9,11,15H,10H2,1-5H3,(H,18,20). The van der Waals surface area contributed by atoms with Crippen molar-refractivity contribution >= 4 is 17.5 Å². The monoisotopic (exact) mass is 288 g/mol. The maximum absolute atomic E-state index is 12.6. The van der Waals surface area contributed by atoms with E-state index in [0.717, 1.165) is 5.69 Å². The van der Waals surface area contributed by atoms with Crippen LogP contribution in [0.25, 0.3) is 0 Å². The lowest BCUT2D eigenvalue weighted by Crippen LogP contribution is -2.62.